The van der Waals surface area contributed by atoms with E-state index in [4.69, 9.17) is 5.73 Å². The van der Waals surface area contributed by atoms with E-state index in [1.807, 2.05) is 25.1 Å². The maximum absolute atomic E-state index is 5.96. The molecule has 0 fully saturated rings. The van der Waals surface area contributed by atoms with Crippen molar-refractivity contribution in [2.24, 2.45) is 0 Å². The fraction of sp³-hybridized carbons (Fsp3) is 0.364. The Morgan fingerprint density at radius 3 is 2.88 bits per heavy atom. The van der Waals surface area contributed by atoms with Crippen LogP contribution in [0, 0.1) is 6.92 Å². The molecule has 0 bridgehead atoms. The van der Waals surface area contributed by atoms with Gasteiger partial charge in [-0.05, 0) is 41.5 Å². The van der Waals surface area contributed by atoms with Gasteiger partial charge in [-0.2, -0.15) is 4.68 Å². The Morgan fingerprint density at radius 2 is 2.19 bits per heavy atom. The van der Waals surface area contributed by atoms with Gasteiger partial charge in [0.25, 0.3) is 0 Å². The minimum atomic E-state index is 0.699. The summed E-state index contributed by atoms with van der Waals surface area (Å²) < 4.78 is 1.71. The van der Waals surface area contributed by atoms with Gasteiger partial charge >= 0.3 is 0 Å². The van der Waals surface area contributed by atoms with E-state index in [9.17, 15) is 0 Å². The first-order chi connectivity index (χ1) is 7.72. The lowest BCUT2D eigenvalue weighted by Crippen LogP contribution is -2.06. The van der Waals surface area contributed by atoms with Crippen molar-refractivity contribution in [1.82, 2.24) is 20.2 Å². The molecule has 5 heteroatoms. The Balaban J connectivity index is 2.46. The number of nitrogen functional groups attached to an aromatic ring is 1. The summed E-state index contributed by atoms with van der Waals surface area (Å²) in [5.74, 6) is 0.845. The van der Waals surface area contributed by atoms with E-state index >= 15 is 0 Å². The number of hydrogen-bond acceptors (Lipinski definition) is 4. The standard InChI is InChI=1S/C11H15N5/c1-3-4-11-13-14-15-16(11)10-6-5-8(2)7-9(10)12/h5-7H,3-4,12H2,1-2H3. The number of rotatable bonds is 3. The molecular formula is C11H15N5. The molecule has 0 spiro atoms. The van der Waals surface area contributed by atoms with Gasteiger partial charge in [-0.25, -0.2) is 0 Å². The summed E-state index contributed by atoms with van der Waals surface area (Å²) in [7, 11) is 0. The third-order valence-corrected chi connectivity index (χ3v) is 2.42. The maximum atomic E-state index is 5.96. The Morgan fingerprint density at radius 1 is 1.38 bits per heavy atom. The van der Waals surface area contributed by atoms with Crippen LogP contribution in [0.3, 0.4) is 0 Å². The summed E-state index contributed by atoms with van der Waals surface area (Å²) in [5, 5.41) is 11.7. The Labute approximate surface area is 94.3 Å². The summed E-state index contributed by atoms with van der Waals surface area (Å²) in [6.45, 7) is 4.10. The first kappa shape index (κ1) is 10.6. The van der Waals surface area contributed by atoms with Crippen molar-refractivity contribution < 1.29 is 0 Å². The minimum Gasteiger partial charge on any atom is -0.397 e. The molecule has 0 aliphatic carbocycles. The average molecular weight is 217 g/mol. The first-order valence-corrected chi connectivity index (χ1v) is 5.36. The van der Waals surface area contributed by atoms with Crippen LogP contribution in [0.25, 0.3) is 5.69 Å². The van der Waals surface area contributed by atoms with Gasteiger partial charge in [0.2, 0.25) is 0 Å². The average Bonchev–Trinajstić information content (AvgIpc) is 2.67. The van der Waals surface area contributed by atoms with Gasteiger partial charge in [-0.3, -0.25) is 0 Å². The lowest BCUT2D eigenvalue weighted by atomic mass is 10.2. The van der Waals surface area contributed by atoms with Crippen LogP contribution in [0.4, 0.5) is 5.69 Å². The smallest absolute Gasteiger partial charge is 0.156 e. The van der Waals surface area contributed by atoms with Crippen LogP contribution in [-0.2, 0) is 6.42 Å². The number of aromatic nitrogens is 4. The molecule has 0 aliphatic rings. The molecule has 16 heavy (non-hydrogen) atoms. The monoisotopic (exact) mass is 217 g/mol. The molecule has 0 unspecified atom stereocenters. The highest BCUT2D eigenvalue weighted by Crippen LogP contribution is 2.18. The third kappa shape index (κ3) is 1.88. The second kappa shape index (κ2) is 4.30. The zero-order valence-corrected chi connectivity index (χ0v) is 9.51. The van der Waals surface area contributed by atoms with E-state index < -0.39 is 0 Å². The summed E-state index contributed by atoms with van der Waals surface area (Å²) in [4.78, 5) is 0. The molecule has 2 aromatic rings. The van der Waals surface area contributed by atoms with Gasteiger partial charge in [0.05, 0.1) is 11.4 Å². The number of tetrazole rings is 1. The van der Waals surface area contributed by atoms with Crippen molar-refractivity contribution in [1.29, 1.82) is 0 Å². The first-order valence-electron chi connectivity index (χ1n) is 5.36. The molecule has 1 aromatic heterocycles. The number of nitrogens with zero attached hydrogens (tertiary/aromatic N) is 4. The number of anilines is 1. The van der Waals surface area contributed by atoms with E-state index in [1.54, 1.807) is 4.68 Å². The normalized spacial score (nSPS) is 10.6. The molecule has 0 saturated carbocycles. The molecule has 0 atom stereocenters. The Kier molecular flexibility index (Phi) is 2.85. The SMILES string of the molecule is CCCc1nnnn1-c1ccc(C)cc1N. The molecule has 1 heterocycles. The van der Waals surface area contributed by atoms with Gasteiger partial charge in [0.1, 0.15) is 0 Å². The summed E-state index contributed by atoms with van der Waals surface area (Å²) in [6.07, 6.45) is 1.85. The summed E-state index contributed by atoms with van der Waals surface area (Å²) in [6, 6.07) is 5.87. The van der Waals surface area contributed by atoms with Gasteiger partial charge < -0.3 is 5.73 Å². The molecule has 0 amide bonds. The van der Waals surface area contributed by atoms with Crippen molar-refractivity contribution in [3.63, 3.8) is 0 Å². The van der Waals surface area contributed by atoms with Crippen LogP contribution in [0.2, 0.25) is 0 Å². The highest BCUT2D eigenvalue weighted by molar-refractivity contribution is 5.58. The second-order valence-electron chi connectivity index (χ2n) is 3.82. The highest BCUT2D eigenvalue weighted by atomic mass is 15.5. The third-order valence-electron chi connectivity index (χ3n) is 2.42. The van der Waals surface area contributed by atoms with Crippen LogP contribution in [0.15, 0.2) is 18.2 Å². The van der Waals surface area contributed by atoms with Crippen molar-refractivity contribution in [3.8, 4) is 5.69 Å². The molecule has 0 saturated heterocycles. The maximum Gasteiger partial charge on any atom is 0.156 e. The zero-order valence-electron chi connectivity index (χ0n) is 9.51. The van der Waals surface area contributed by atoms with Gasteiger partial charge in [0.15, 0.2) is 5.82 Å². The molecule has 1 aromatic carbocycles. The summed E-state index contributed by atoms with van der Waals surface area (Å²) in [5.41, 5.74) is 8.64. The van der Waals surface area contributed by atoms with Crippen molar-refractivity contribution >= 4 is 5.69 Å². The number of hydrogen-bond donors (Lipinski definition) is 1. The molecule has 0 radical (unpaired) electrons. The Hall–Kier alpha value is -1.91. The van der Waals surface area contributed by atoms with Crippen LogP contribution in [0.5, 0.6) is 0 Å². The lowest BCUT2D eigenvalue weighted by Gasteiger charge is -2.07. The van der Waals surface area contributed by atoms with Crippen LogP contribution in [0.1, 0.15) is 24.7 Å². The molecule has 2 N–H and O–H groups in total. The minimum absolute atomic E-state index is 0.699. The summed E-state index contributed by atoms with van der Waals surface area (Å²) >= 11 is 0. The van der Waals surface area contributed by atoms with E-state index in [1.165, 1.54) is 0 Å². The topological polar surface area (TPSA) is 69.6 Å². The number of benzene rings is 1. The van der Waals surface area contributed by atoms with Crippen molar-refractivity contribution in [2.45, 2.75) is 26.7 Å². The predicted molar refractivity (Wildman–Crippen MR) is 62.3 cm³/mol. The molecule has 5 nitrogen and oxygen atoms in total. The molecule has 84 valence electrons. The van der Waals surface area contributed by atoms with E-state index in [0.29, 0.717) is 5.69 Å². The zero-order chi connectivity index (χ0) is 11.5. The van der Waals surface area contributed by atoms with Gasteiger partial charge in [0, 0.05) is 6.42 Å². The number of nitrogens with two attached hydrogens (primary N) is 1. The molecule has 2 rings (SSSR count). The van der Waals surface area contributed by atoms with Crippen LogP contribution in [-0.4, -0.2) is 20.2 Å². The highest BCUT2D eigenvalue weighted by Gasteiger charge is 2.09. The second-order valence-corrected chi connectivity index (χ2v) is 3.82. The van der Waals surface area contributed by atoms with E-state index in [2.05, 4.69) is 22.4 Å². The molecule has 0 aliphatic heterocycles. The van der Waals surface area contributed by atoms with Crippen molar-refractivity contribution in [3.05, 3.63) is 29.6 Å². The quantitative estimate of drug-likeness (QED) is 0.791. The van der Waals surface area contributed by atoms with Gasteiger partial charge in [-0.1, -0.05) is 13.0 Å². The van der Waals surface area contributed by atoms with Gasteiger partial charge in [-0.15, -0.1) is 5.10 Å². The predicted octanol–water partition coefficient (Wildman–Crippen LogP) is 1.51. The Bertz CT molecular complexity index is 489. The van der Waals surface area contributed by atoms with E-state index in [-0.39, 0.29) is 0 Å². The van der Waals surface area contributed by atoms with Crippen LogP contribution < -0.4 is 5.73 Å². The molecular weight excluding hydrogens is 202 g/mol. The van der Waals surface area contributed by atoms with E-state index in [0.717, 1.165) is 29.9 Å². The fourth-order valence-corrected chi connectivity index (χ4v) is 1.64. The number of aryl methyl sites for hydroxylation is 2. The largest absolute Gasteiger partial charge is 0.397 e. The van der Waals surface area contributed by atoms with Crippen LogP contribution >= 0.6 is 0 Å². The fourth-order valence-electron chi connectivity index (χ4n) is 1.64. The lowest BCUT2D eigenvalue weighted by molar-refractivity contribution is 0.746. The van der Waals surface area contributed by atoms with Crippen molar-refractivity contribution in [2.75, 3.05) is 5.73 Å².